The van der Waals surface area contributed by atoms with Gasteiger partial charge < -0.3 is 9.47 Å². The minimum Gasteiger partial charge on any atom is -0.488 e. The molecular formula is C20H14BrClFNO5S. The molecule has 0 spiro atoms. The van der Waals surface area contributed by atoms with Crippen molar-refractivity contribution in [1.29, 1.82) is 0 Å². The molecule has 30 heavy (non-hydrogen) atoms. The molecule has 0 aliphatic carbocycles. The molecule has 0 N–H and O–H groups in total. The van der Waals surface area contributed by atoms with Crippen molar-refractivity contribution in [3.63, 3.8) is 0 Å². The van der Waals surface area contributed by atoms with Gasteiger partial charge in [-0.25, -0.2) is 4.39 Å². The number of ether oxygens (including phenoxy) is 2. The standard InChI is InChI=1S/C20H14BrClFNO5S/c1-28-18(25)9-24-19(26)17(30-20(24)27)8-11-7-12(21)5-6-16(11)29-10-13-14(22)3-2-4-15(13)23/h2-8H,9-10H2,1H3/b17-8-. The summed E-state index contributed by atoms with van der Waals surface area (Å²) in [6.45, 7) is -0.593. The highest BCUT2D eigenvalue weighted by molar-refractivity contribution is 9.10. The van der Waals surface area contributed by atoms with Crippen LogP contribution in [0.1, 0.15) is 11.1 Å². The zero-order chi connectivity index (χ0) is 21.8. The number of carbonyl (C=O) groups is 3. The second kappa shape index (κ2) is 9.63. The van der Waals surface area contributed by atoms with Gasteiger partial charge in [0.2, 0.25) is 0 Å². The van der Waals surface area contributed by atoms with E-state index in [4.69, 9.17) is 16.3 Å². The lowest BCUT2D eigenvalue weighted by Gasteiger charge is -2.12. The van der Waals surface area contributed by atoms with Crippen LogP contribution in [0.5, 0.6) is 5.75 Å². The third kappa shape index (κ3) is 5.03. The molecule has 156 valence electrons. The Labute approximate surface area is 189 Å². The number of hydrogen-bond donors (Lipinski definition) is 0. The van der Waals surface area contributed by atoms with E-state index in [1.807, 2.05) is 0 Å². The monoisotopic (exact) mass is 513 g/mol. The third-order valence-corrected chi connectivity index (χ3v) is 5.84. The molecule has 0 atom stereocenters. The Kier molecular flexibility index (Phi) is 7.17. The lowest BCUT2D eigenvalue weighted by molar-refractivity contribution is -0.143. The molecular weight excluding hydrogens is 501 g/mol. The first-order chi connectivity index (χ1) is 14.3. The maximum Gasteiger partial charge on any atom is 0.325 e. The first-order valence-corrected chi connectivity index (χ1v) is 10.5. The highest BCUT2D eigenvalue weighted by Crippen LogP contribution is 2.35. The van der Waals surface area contributed by atoms with Gasteiger partial charge in [0.1, 0.15) is 24.7 Å². The molecule has 3 rings (SSSR count). The van der Waals surface area contributed by atoms with Crippen LogP contribution < -0.4 is 4.74 Å². The summed E-state index contributed by atoms with van der Waals surface area (Å²) in [5.74, 6) is -1.45. The maximum absolute atomic E-state index is 14.0. The summed E-state index contributed by atoms with van der Waals surface area (Å²) in [6, 6.07) is 9.39. The summed E-state index contributed by atoms with van der Waals surface area (Å²) >= 11 is 10.1. The van der Waals surface area contributed by atoms with Crippen LogP contribution >= 0.6 is 39.3 Å². The van der Waals surface area contributed by atoms with Crippen molar-refractivity contribution in [3.8, 4) is 5.75 Å². The van der Waals surface area contributed by atoms with Gasteiger partial charge in [-0.3, -0.25) is 19.3 Å². The van der Waals surface area contributed by atoms with Gasteiger partial charge in [0, 0.05) is 15.6 Å². The zero-order valence-electron chi connectivity index (χ0n) is 15.5. The molecule has 2 amide bonds. The second-order valence-electron chi connectivity index (χ2n) is 6.02. The molecule has 0 radical (unpaired) electrons. The lowest BCUT2D eigenvalue weighted by Crippen LogP contribution is -2.34. The molecule has 0 aromatic heterocycles. The highest BCUT2D eigenvalue weighted by atomic mass is 79.9. The fourth-order valence-corrected chi connectivity index (χ4v) is 3.98. The number of benzene rings is 2. The number of esters is 1. The van der Waals surface area contributed by atoms with Crippen molar-refractivity contribution in [3.05, 3.63) is 67.7 Å². The molecule has 1 aliphatic rings. The number of imide groups is 1. The third-order valence-electron chi connectivity index (χ3n) is 4.08. The first kappa shape index (κ1) is 22.3. The van der Waals surface area contributed by atoms with E-state index >= 15 is 0 Å². The van der Waals surface area contributed by atoms with Crippen LogP contribution in [0.2, 0.25) is 5.02 Å². The molecule has 1 heterocycles. The molecule has 0 unspecified atom stereocenters. The predicted octanol–water partition coefficient (Wildman–Crippen LogP) is 5.03. The van der Waals surface area contributed by atoms with Crippen LogP contribution in [0, 0.1) is 5.82 Å². The number of carbonyl (C=O) groups excluding carboxylic acids is 3. The number of halogens is 3. The van der Waals surface area contributed by atoms with Gasteiger partial charge in [-0.05, 0) is 48.2 Å². The number of amides is 2. The van der Waals surface area contributed by atoms with E-state index in [1.54, 1.807) is 24.3 Å². The summed E-state index contributed by atoms with van der Waals surface area (Å²) in [4.78, 5) is 37.0. The Balaban J connectivity index is 1.86. The molecule has 1 fully saturated rings. The van der Waals surface area contributed by atoms with Crippen molar-refractivity contribution >= 4 is 62.5 Å². The summed E-state index contributed by atoms with van der Waals surface area (Å²) in [5.41, 5.74) is 0.687. The first-order valence-electron chi connectivity index (χ1n) is 8.47. The Morgan fingerprint density at radius 2 is 2.07 bits per heavy atom. The Bertz CT molecular complexity index is 1040. The van der Waals surface area contributed by atoms with Crippen LogP contribution in [0.25, 0.3) is 6.08 Å². The van der Waals surface area contributed by atoms with Gasteiger partial charge >= 0.3 is 5.97 Å². The van der Waals surface area contributed by atoms with Crippen molar-refractivity contribution in [2.45, 2.75) is 6.61 Å². The van der Waals surface area contributed by atoms with E-state index in [2.05, 4.69) is 20.7 Å². The van der Waals surface area contributed by atoms with Gasteiger partial charge in [0.05, 0.1) is 17.0 Å². The molecule has 0 bridgehead atoms. The van der Waals surface area contributed by atoms with Gasteiger partial charge in [-0.1, -0.05) is 33.6 Å². The average molecular weight is 515 g/mol. The number of hydrogen-bond acceptors (Lipinski definition) is 6. The Morgan fingerprint density at radius 1 is 1.30 bits per heavy atom. The number of nitrogens with zero attached hydrogens (tertiary/aromatic N) is 1. The van der Waals surface area contributed by atoms with E-state index in [0.717, 1.165) is 4.90 Å². The normalized spacial score (nSPS) is 15.1. The van der Waals surface area contributed by atoms with E-state index in [0.29, 0.717) is 27.5 Å². The van der Waals surface area contributed by atoms with Gasteiger partial charge in [-0.15, -0.1) is 0 Å². The minimum absolute atomic E-state index is 0.121. The molecule has 2 aromatic rings. The lowest BCUT2D eigenvalue weighted by atomic mass is 10.1. The summed E-state index contributed by atoms with van der Waals surface area (Å²) < 4.78 is 25.0. The summed E-state index contributed by atoms with van der Waals surface area (Å²) in [5, 5.41) is -0.343. The van der Waals surface area contributed by atoms with E-state index < -0.39 is 29.5 Å². The molecule has 6 nitrogen and oxygen atoms in total. The molecule has 1 saturated heterocycles. The van der Waals surface area contributed by atoms with E-state index in [-0.39, 0.29) is 22.1 Å². The van der Waals surface area contributed by atoms with Crippen LogP contribution in [0.4, 0.5) is 9.18 Å². The van der Waals surface area contributed by atoms with Gasteiger partial charge in [0.15, 0.2) is 0 Å². The summed E-state index contributed by atoms with van der Waals surface area (Å²) in [6.07, 6.45) is 1.48. The Hall–Kier alpha value is -2.36. The smallest absolute Gasteiger partial charge is 0.325 e. The van der Waals surface area contributed by atoms with Crippen LogP contribution in [-0.4, -0.2) is 35.7 Å². The van der Waals surface area contributed by atoms with Crippen LogP contribution in [0.3, 0.4) is 0 Å². The van der Waals surface area contributed by atoms with Crippen molar-refractivity contribution in [2.24, 2.45) is 0 Å². The molecule has 2 aromatic carbocycles. The topological polar surface area (TPSA) is 72.9 Å². The number of thioether (sulfide) groups is 1. The average Bonchev–Trinajstić information content (AvgIpc) is 2.96. The molecule has 10 heteroatoms. The van der Waals surface area contributed by atoms with Crippen molar-refractivity contribution in [1.82, 2.24) is 4.90 Å². The number of methoxy groups -OCH3 is 1. The van der Waals surface area contributed by atoms with Gasteiger partial charge in [-0.2, -0.15) is 0 Å². The second-order valence-corrected chi connectivity index (χ2v) is 8.33. The fourth-order valence-electron chi connectivity index (χ4n) is 2.55. The zero-order valence-corrected chi connectivity index (χ0v) is 18.6. The maximum atomic E-state index is 14.0. The molecule has 0 saturated carbocycles. The van der Waals surface area contributed by atoms with Crippen LogP contribution in [0.15, 0.2) is 45.8 Å². The van der Waals surface area contributed by atoms with E-state index in [9.17, 15) is 18.8 Å². The van der Waals surface area contributed by atoms with Crippen molar-refractivity contribution in [2.75, 3.05) is 13.7 Å². The highest BCUT2D eigenvalue weighted by Gasteiger charge is 2.36. The SMILES string of the molecule is COC(=O)CN1C(=O)S/C(=C\c2cc(Br)ccc2OCc2c(F)cccc2Cl)C1=O. The van der Waals surface area contributed by atoms with Crippen molar-refractivity contribution < 1.29 is 28.2 Å². The summed E-state index contributed by atoms with van der Waals surface area (Å²) in [7, 11) is 1.17. The van der Waals surface area contributed by atoms with Gasteiger partial charge in [0.25, 0.3) is 11.1 Å². The number of rotatable bonds is 6. The van der Waals surface area contributed by atoms with E-state index in [1.165, 1.54) is 25.3 Å². The Morgan fingerprint density at radius 3 is 2.77 bits per heavy atom. The molecule has 1 aliphatic heterocycles. The largest absolute Gasteiger partial charge is 0.488 e. The predicted molar refractivity (Wildman–Crippen MR) is 115 cm³/mol. The fraction of sp³-hybridized carbons (Fsp3) is 0.150. The van der Waals surface area contributed by atoms with Crippen LogP contribution in [-0.2, 0) is 20.9 Å². The quantitative estimate of drug-likeness (QED) is 0.398. The minimum atomic E-state index is -0.702.